The summed E-state index contributed by atoms with van der Waals surface area (Å²) in [6, 6.07) is 7.08. The molecule has 0 atom stereocenters. The van der Waals surface area contributed by atoms with E-state index in [0.717, 1.165) is 23.5 Å². The van der Waals surface area contributed by atoms with E-state index in [1.807, 2.05) is 0 Å². The minimum absolute atomic E-state index is 0.0369. The maximum atomic E-state index is 12.4. The summed E-state index contributed by atoms with van der Waals surface area (Å²) in [6.45, 7) is 0. The van der Waals surface area contributed by atoms with Crippen LogP contribution in [0.25, 0.3) is 0 Å². The Kier molecular flexibility index (Phi) is 7.57. The summed E-state index contributed by atoms with van der Waals surface area (Å²) >= 11 is 0.854. The second-order valence-corrected chi connectivity index (χ2v) is 7.63. The largest absolute Gasteiger partial charge is 0.504 e. The monoisotopic (exact) mass is 501 g/mol. The number of ether oxygens (including phenoxy) is 1. The van der Waals surface area contributed by atoms with Gasteiger partial charge in [0.1, 0.15) is 10.6 Å². The molecule has 0 spiro atoms. The van der Waals surface area contributed by atoms with Crippen molar-refractivity contribution in [2.45, 2.75) is 6.42 Å². The molecule has 0 saturated heterocycles. The number of nitro benzene ring substituents is 2. The van der Waals surface area contributed by atoms with Gasteiger partial charge in [-0.1, -0.05) is 11.3 Å². The summed E-state index contributed by atoms with van der Waals surface area (Å²) in [4.78, 5) is 44.8. The normalized spacial score (nSPS) is 10.7. The minimum atomic E-state index is -0.923. The standard InChI is InChI=1S/C19H15N7O8S/c1-34-15-6-10(2-5-14(15)27)9-20-22-16(28)8-17-23-24-19(35-17)21-18(29)12-4-3-11(25(30)31)7-13(12)26(32)33/h2-7,9,27H,8H2,1H3,(H,22,28)(H,21,24,29)/b20-9-. The summed E-state index contributed by atoms with van der Waals surface area (Å²) < 4.78 is 4.98. The molecule has 3 N–H and O–H groups in total. The lowest BCUT2D eigenvalue weighted by molar-refractivity contribution is -0.394. The second kappa shape index (κ2) is 10.8. The number of hydrogen-bond acceptors (Lipinski definition) is 12. The molecule has 0 unspecified atom stereocenters. The van der Waals surface area contributed by atoms with Gasteiger partial charge in [-0.2, -0.15) is 5.10 Å². The van der Waals surface area contributed by atoms with Crippen LogP contribution in [-0.2, 0) is 11.2 Å². The number of hydrogen-bond donors (Lipinski definition) is 3. The van der Waals surface area contributed by atoms with E-state index in [1.54, 1.807) is 6.07 Å². The molecular weight excluding hydrogens is 486 g/mol. The van der Waals surface area contributed by atoms with Crippen molar-refractivity contribution in [3.05, 3.63) is 72.8 Å². The topological polar surface area (TPSA) is 212 Å². The number of benzene rings is 2. The van der Waals surface area contributed by atoms with Gasteiger partial charge in [0.2, 0.25) is 11.0 Å². The van der Waals surface area contributed by atoms with Gasteiger partial charge in [-0.05, 0) is 29.8 Å². The van der Waals surface area contributed by atoms with E-state index in [2.05, 4.69) is 26.0 Å². The van der Waals surface area contributed by atoms with Crippen LogP contribution < -0.4 is 15.5 Å². The van der Waals surface area contributed by atoms with Gasteiger partial charge in [0.15, 0.2) is 11.5 Å². The Morgan fingerprint density at radius 1 is 1.17 bits per heavy atom. The molecule has 3 rings (SSSR count). The van der Waals surface area contributed by atoms with Crippen LogP contribution in [0.5, 0.6) is 11.5 Å². The third-order valence-electron chi connectivity index (χ3n) is 4.24. The fourth-order valence-corrected chi connectivity index (χ4v) is 3.38. The number of rotatable bonds is 9. The zero-order valence-electron chi connectivity index (χ0n) is 17.7. The molecule has 2 amide bonds. The number of aromatic nitrogens is 2. The molecule has 1 heterocycles. The quantitative estimate of drug-likeness (QED) is 0.220. The number of nitro groups is 2. The SMILES string of the molecule is COc1cc(/C=N\NC(=O)Cc2nnc(NC(=O)c3ccc([N+](=O)[O-])cc3[N+](=O)[O-])s2)ccc1O. The number of nitrogens with one attached hydrogen (secondary N) is 2. The molecule has 180 valence electrons. The molecule has 1 aromatic heterocycles. The highest BCUT2D eigenvalue weighted by molar-refractivity contribution is 7.15. The summed E-state index contributed by atoms with van der Waals surface area (Å²) in [5.74, 6) is -1.27. The molecule has 16 heteroatoms. The van der Waals surface area contributed by atoms with Crippen LogP contribution in [0.4, 0.5) is 16.5 Å². The number of phenolic OH excluding ortho intramolecular Hbond substituents is 1. The average molecular weight is 501 g/mol. The van der Waals surface area contributed by atoms with Crippen molar-refractivity contribution in [2.24, 2.45) is 5.10 Å². The van der Waals surface area contributed by atoms with Crippen LogP contribution in [-0.4, -0.2) is 50.3 Å². The zero-order chi connectivity index (χ0) is 25.5. The van der Waals surface area contributed by atoms with E-state index in [-0.39, 0.29) is 28.1 Å². The number of carbonyl (C=O) groups is 2. The van der Waals surface area contributed by atoms with Gasteiger partial charge in [0.25, 0.3) is 17.3 Å². The maximum Gasteiger partial charge on any atom is 0.289 e. The van der Waals surface area contributed by atoms with Gasteiger partial charge in [-0.15, -0.1) is 10.2 Å². The van der Waals surface area contributed by atoms with Crippen molar-refractivity contribution in [3.8, 4) is 11.5 Å². The van der Waals surface area contributed by atoms with E-state index >= 15 is 0 Å². The third-order valence-corrected chi connectivity index (χ3v) is 5.08. The maximum absolute atomic E-state index is 12.4. The van der Waals surface area contributed by atoms with Crippen molar-refractivity contribution >= 4 is 45.9 Å². The number of anilines is 1. The van der Waals surface area contributed by atoms with Crippen LogP contribution in [0.2, 0.25) is 0 Å². The number of non-ortho nitro benzene ring substituents is 1. The number of methoxy groups -OCH3 is 1. The Morgan fingerprint density at radius 3 is 2.63 bits per heavy atom. The third kappa shape index (κ3) is 6.29. The predicted molar refractivity (Wildman–Crippen MR) is 122 cm³/mol. The van der Waals surface area contributed by atoms with Crippen molar-refractivity contribution in [1.82, 2.24) is 15.6 Å². The van der Waals surface area contributed by atoms with Crippen LogP contribution >= 0.6 is 11.3 Å². The average Bonchev–Trinajstić information content (AvgIpc) is 3.25. The van der Waals surface area contributed by atoms with E-state index in [0.29, 0.717) is 11.6 Å². The highest BCUT2D eigenvalue weighted by atomic mass is 32.1. The molecule has 35 heavy (non-hydrogen) atoms. The van der Waals surface area contributed by atoms with Crippen molar-refractivity contribution in [1.29, 1.82) is 0 Å². The molecule has 0 bridgehead atoms. The number of carbonyl (C=O) groups excluding carboxylic acids is 2. The molecule has 0 aliphatic carbocycles. The van der Waals surface area contributed by atoms with E-state index < -0.39 is 38.6 Å². The Balaban J connectivity index is 1.60. The van der Waals surface area contributed by atoms with Crippen molar-refractivity contribution in [2.75, 3.05) is 12.4 Å². The van der Waals surface area contributed by atoms with Crippen LogP contribution in [0, 0.1) is 20.2 Å². The van der Waals surface area contributed by atoms with Crippen molar-refractivity contribution in [3.63, 3.8) is 0 Å². The molecule has 0 aliphatic heterocycles. The lowest BCUT2D eigenvalue weighted by atomic mass is 10.1. The minimum Gasteiger partial charge on any atom is -0.504 e. The first kappa shape index (κ1) is 24.6. The second-order valence-electron chi connectivity index (χ2n) is 6.57. The molecule has 0 fully saturated rings. The van der Waals surface area contributed by atoms with Gasteiger partial charge in [-0.25, -0.2) is 5.43 Å². The highest BCUT2D eigenvalue weighted by Gasteiger charge is 2.25. The fourth-order valence-electron chi connectivity index (χ4n) is 2.65. The smallest absolute Gasteiger partial charge is 0.289 e. The van der Waals surface area contributed by atoms with Gasteiger partial charge in [0.05, 0.1) is 35.7 Å². The van der Waals surface area contributed by atoms with Gasteiger partial charge < -0.3 is 9.84 Å². The molecule has 0 aliphatic rings. The number of amides is 2. The Hall–Kier alpha value is -4.99. The molecule has 2 aromatic carbocycles. The lowest BCUT2D eigenvalue weighted by Gasteiger charge is -2.03. The Morgan fingerprint density at radius 2 is 1.94 bits per heavy atom. The van der Waals surface area contributed by atoms with Gasteiger partial charge in [0, 0.05) is 6.07 Å². The molecular formula is C19H15N7O8S. The van der Waals surface area contributed by atoms with Crippen molar-refractivity contribution < 1.29 is 29.3 Å². The first-order valence-electron chi connectivity index (χ1n) is 9.43. The van der Waals surface area contributed by atoms with Gasteiger partial charge in [-0.3, -0.25) is 35.1 Å². The van der Waals surface area contributed by atoms with E-state index in [9.17, 15) is 34.9 Å². The zero-order valence-corrected chi connectivity index (χ0v) is 18.5. The van der Waals surface area contributed by atoms with E-state index in [4.69, 9.17) is 4.74 Å². The first-order valence-corrected chi connectivity index (χ1v) is 10.2. The Labute approximate surface area is 199 Å². The number of phenols is 1. The van der Waals surface area contributed by atoms with E-state index in [1.165, 1.54) is 25.5 Å². The van der Waals surface area contributed by atoms with Crippen LogP contribution in [0.15, 0.2) is 41.5 Å². The van der Waals surface area contributed by atoms with Crippen LogP contribution in [0.1, 0.15) is 20.9 Å². The molecule has 15 nitrogen and oxygen atoms in total. The fraction of sp³-hybridized carbons (Fsp3) is 0.105. The molecule has 0 radical (unpaired) electrons. The highest BCUT2D eigenvalue weighted by Crippen LogP contribution is 2.27. The Bertz CT molecular complexity index is 1340. The van der Waals surface area contributed by atoms with Gasteiger partial charge >= 0.3 is 0 Å². The van der Waals surface area contributed by atoms with Crippen LogP contribution in [0.3, 0.4) is 0 Å². The summed E-state index contributed by atoms with van der Waals surface area (Å²) in [6.07, 6.45) is 1.12. The first-order chi connectivity index (χ1) is 16.7. The summed E-state index contributed by atoms with van der Waals surface area (Å²) in [5, 5.41) is 45.4. The lowest BCUT2D eigenvalue weighted by Crippen LogP contribution is -2.19. The summed E-state index contributed by atoms with van der Waals surface area (Å²) in [5.41, 5.74) is 1.16. The molecule has 3 aromatic rings. The number of aromatic hydroxyl groups is 1. The summed E-state index contributed by atoms with van der Waals surface area (Å²) in [7, 11) is 1.39. The number of hydrazone groups is 1. The molecule has 0 saturated carbocycles. The number of nitrogens with zero attached hydrogens (tertiary/aromatic N) is 5. The predicted octanol–water partition coefficient (Wildman–Crippen LogP) is 2.01.